The van der Waals surface area contributed by atoms with Crippen LogP contribution in [-0.2, 0) is 9.53 Å². The molecule has 0 bridgehead atoms. The van der Waals surface area contributed by atoms with Crippen molar-refractivity contribution in [2.45, 2.75) is 12.3 Å². The van der Waals surface area contributed by atoms with Gasteiger partial charge in [0.05, 0.1) is 27.2 Å². The average Bonchev–Trinajstić information content (AvgIpc) is 2.85. The van der Waals surface area contributed by atoms with E-state index in [1.165, 1.54) is 27.4 Å². The molecule has 0 N–H and O–H groups in total. The lowest BCUT2D eigenvalue weighted by atomic mass is 9.89. The number of rotatable bonds is 7. The summed E-state index contributed by atoms with van der Waals surface area (Å²) in [5.74, 6) is -1.31. The zero-order valence-corrected chi connectivity index (χ0v) is 18.4. The summed E-state index contributed by atoms with van der Waals surface area (Å²) in [6.45, 7) is 0. The van der Waals surface area contributed by atoms with Crippen molar-refractivity contribution in [1.29, 1.82) is 0 Å². The summed E-state index contributed by atoms with van der Waals surface area (Å²) >= 11 is 0. The second-order valence-electron chi connectivity index (χ2n) is 7.46. The number of ether oxygens (including phenoxy) is 3. The van der Waals surface area contributed by atoms with Crippen molar-refractivity contribution in [3.63, 3.8) is 0 Å². The third-order valence-electron chi connectivity index (χ3n) is 5.61. The first-order valence-electron chi connectivity index (χ1n) is 10.3. The lowest BCUT2D eigenvalue weighted by Gasteiger charge is -2.17. The van der Waals surface area contributed by atoms with E-state index in [2.05, 4.69) is 0 Å². The number of Topliss-reactive ketones (excluding diaryl/α,β-unsaturated/α-hetero) is 1. The summed E-state index contributed by atoms with van der Waals surface area (Å²) in [4.78, 5) is 38.3. The van der Waals surface area contributed by atoms with Gasteiger partial charge in [0.2, 0.25) is 5.75 Å². The molecule has 0 unspecified atom stereocenters. The van der Waals surface area contributed by atoms with E-state index < -0.39 is 17.5 Å². The molecule has 4 aromatic rings. The minimum Gasteiger partial charge on any atom is -0.493 e. The van der Waals surface area contributed by atoms with Crippen LogP contribution in [0.4, 0.5) is 0 Å². The molecule has 0 radical (unpaired) electrons. The zero-order chi connectivity index (χ0) is 23.5. The number of hydrogen-bond acceptors (Lipinski definition) is 7. The van der Waals surface area contributed by atoms with E-state index in [4.69, 9.17) is 18.6 Å². The van der Waals surface area contributed by atoms with Crippen LogP contribution in [0.25, 0.3) is 21.7 Å². The number of methoxy groups -OCH3 is 3. The first-order valence-corrected chi connectivity index (χ1v) is 10.3. The summed E-state index contributed by atoms with van der Waals surface area (Å²) < 4.78 is 21.0. The van der Waals surface area contributed by atoms with Crippen LogP contribution in [0.3, 0.4) is 0 Å². The van der Waals surface area contributed by atoms with E-state index in [1.54, 1.807) is 24.3 Å². The molecule has 168 valence electrons. The van der Waals surface area contributed by atoms with Crippen molar-refractivity contribution in [2.75, 3.05) is 21.3 Å². The Labute approximate surface area is 189 Å². The lowest BCUT2D eigenvalue weighted by Crippen LogP contribution is -2.20. The van der Waals surface area contributed by atoms with Gasteiger partial charge in [0, 0.05) is 23.4 Å². The van der Waals surface area contributed by atoms with Gasteiger partial charge in [-0.1, -0.05) is 36.4 Å². The van der Waals surface area contributed by atoms with Crippen molar-refractivity contribution in [2.24, 2.45) is 0 Å². The maximum absolute atomic E-state index is 13.2. The Morgan fingerprint density at radius 3 is 2.36 bits per heavy atom. The largest absolute Gasteiger partial charge is 0.493 e. The summed E-state index contributed by atoms with van der Waals surface area (Å²) in [6, 6.07) is 17.6. The standard InChI is InChI=1S/C26H22O7/c1-30-22-11-10-18-19(14-23(28)33-24(18)25(22)31-2)20(26(29)32-3)13-21(27)17-9-8-15-6-4-5-7-16(15)12-17/h4-12,14,20H,13H2,1-3H3/t20-/m1/s1. The van der Waals surface area contributed by atoms with Gasteiger partial charge in [0.25, 0.3) is 0 Å². The molecule has 7 nitrogen and oxygen atoms in total. The van der Waals surface area contributed by atoms with E-state index >= 15 is 0 Å². The van der Waals surface area contributed by atoms with Crippen molar-refractivity contribution >= 4 is 33.5 Å². The maximum atomic E-state index is 13.2. The number of carbonyl (C=O) groups is 2. The SMILES string of the molecule is COC(=O)[C@H](CC(=O)c1ccc2ccccc2c1)c1cc(=O)oc2c(OC)c(OC)ccc12. The van der Waals surface area contributed by atoms with Crippen LogP contribution in [0.5, 0.6) is 11.5 Å². The van der Waals surface area contributed by atoms with Gasteiger partial charge in [-0.15, -0.1) is 0 Å². The highest BCUT2D eigenvalue weighted by Gasteiger charge is 2.29. The van der Waals surface area contributed by atoms with E-state index in [0.717, 1.165) is 10.8 Å². The van der Waals surface area contributed by atoms with E-state index in [9.17, 15) is 14.4 Å². The number of ketones is 1. The summed E-state index contributed by atoms with van der Waals surface area (Å²) in [6.07, 6.45) is -0.183. The van der Waals surface area contributed by atoms with Gasteiger partial charge in [0.1, 0.15) is 0 Å². The Morgan fingerprint density at radius 2 is 1.67 bits per heavy atom. The van der Waals surface area contributed by atoms with Gasteiger partial charge in [0.15, 0.2) is 17.1 Å². The number of benzene rings is 3. The molecule has 0 spiro atoms. The molecule has 0 saturated carbocycles. The van der Waals surface area contributed by atoms with Crippen LogP contribution in [0.15, 0.2) is 69.9 Å². The molecule has 0 fully saturated rings. The Kier molecular flexibility index (Phi) is 6.13. The molecule has 1 atom stereocenters. The maximum Gasteiger partial charge on any atom is 0.336 e. The second-order valence-corrected chi connectivity index (χ2v) is 7.46. The van der Waals surface area contributed by atoms with E-state index in [1.807, 2.05) is 30.3 Å². The highest BCUT2D eigenvalue weighted by molar-refractivity contribution is 6.03. The minimum absolute atomic E-state index is 0.131. The van der Waals surface area contributed by atoms with Crippen molar-refractivity contribution in [3.05, 3.63) is 82.2 Å². The van der Waals surface area contributed by atoms with Gasteiger partial charge in [-0.05, 0) is 34.5 Å². The number of hydrogen-bond donors (Lipinski definition) is 0. The van der Waals surface area contributed by atoms with Crippen LogP contribution in [0.1, 0.15) is 28.3 Å². The highest BCUT2D eigenvalue weighted by atomic mass is 16.5. The van der Waals surface area contributed by atoms with Crippen LogP contribution >= 0.6 is 0 Å². The summed E-state index contributed by atoms with van der Waals surface area (Å²) in [7, 11) is 4.13. The fourth-order valence-electron chi connectivity index (χ4n) is 3.98. The van der Waals surface area contributed by atoms with Crippen LogP contribution in [0.2, 0.25) is 0 Å². The smallest absolute Gasteiger partial charge is 0.336 e. The summed E-state index contributed by atoms with van der Waals surface area (Å²) in [5, 5.41) is 2.38. The molecule has 0 aliphatic heterocycles. The Bertz CT molecular complexity index is 1420. The third-order valence-corrected chi connectivity index (χ3v) is 5.61. The molecule has 3 aromatic carbocycles. The molecule has 0 aliphatic carbocycles. The van der Waals surface area contributed by atoms with Gasteiger partial charge in [-0.25, -0.2) is 4.79 Å². The fourth-order valence-corrected chi connectivity index (χ4v) is 3.98. The molecule has 7 heteroatoms. The van der Waals surface area contributed by atoms with Crippen molar-refractivity contribution in [1.82, 2.24) is 0 Å². The van der Waals surface area contributed by atoms with E-state index in [0.29, 0.717) is 22.3 Å². The molecule has 0 aliphatic rings. The van der Waals surface area contributed by atoms with Crippen LogP contribution < -0.4 is 15.1 Å². The molecular weight excluding hydrogens is 424 g/mol. The molecule has 0 amide bonds. The molecule has 4 rings (SSSR count). The fraction of sp³-hybridized carbons (Fsp3) is 0.192. The first kappa shape index (κ1) is 22.1. The van der Waals surface area contributed by atoms with Gasteiger partial charge >= 0.3 is 11.6 Å². The van der Waals surface area contributed by atoms with Crippen molar-refractivity contribution < 1.29 is 28.2 Å². The molecule has 0 saturated heterocycles. The van der Waals surface area contributed by atoms with Gasteiger partial charge < -0.3 is 18.6 Å². The number of carbonyl (C=O) groups excluding carboxylic acids is 2. The Morgan fingerprint density at radius 1 is 0.909 bits per heavy atom. The predicted octanol–water partition coefficient (Wildman–Crippen LogP) is 4.49. The quantitative estimate of drug-likeness (QED) is 0.235. The third kappa shape index (κ3) is 4.17. The zero-order valence-electron chi connectivity index (χ0n) is 18.4. The Balaban J connectivity index is 1.81. The molecule has 1 aromatic heterocycles. The van der Waals surface area contributed by atoms with Gasteiger partial charge in [-0.2, -0.15) is 0 Å². The summed E-state index contributed by atoms with van der Waals surface area (Å²) in [5.41, 5.74) is 0.236. The van der Waals surface area contributed by atoms with Gasteiger partial charge in [-0.3, -0.25) is 9.59 Å². The highest BCUT2D eigenvalue weighted by Crippen LogP contribution is 2.38. The van der Waals surface area contributed by atoms with E-state index in [-0.39, 0.29) is 23.5 Å². The van der Waals surface area contributed by atoms with Crippen LogP contribution in [0, 0.1) is 0 Å². The second kappa shape index (κ2) is 9.16. The molecule has 33 heavy (non-hydrogen) atoms. The Hall–Kier alpha value is -4.13. The topological polar surface area (TPSA) is 92.0 Å². The average molecular weight is 446 g/mol. The number of esters is 1. The normalized spacial score (nSPS) is 11.8. The number of fused-ring (bicyclic) bond motifs is 2. The molecule has 1 heterocycles. The lowest BCUT2D eigenvalue weighted by molar-refractivity contribution is -0.142. The van der Waals surface area contributed by atoms with Crippen molar-refractivity contribution in [3.8, 4) is 11.5 Å². The first-order chi connectivity index (χ1) is 16.0. The monoisotopic (exact) mass is 446 g/mol. The predicted molar refractivity (Wildman–Crippen MR) is 123 cm³/mol. The van der Waals surface area contributed by atoms with Crippen LogP contribution in [-0.4, -0.2) is 33.1 Å². The molecular formula is C26H22O7. The minimum atomic E-state index is -1.02.